The molecule has 0 nitrogen and oxygen atoms in total. The van der Waals surface area contributed by atoms with Crippen molar-refractivity contribution in [2.24, 2.45) is 23.2 Å². The van der Waals surface area contributed by atoms with Crippen molar-refractivity contribution >= 4 is 47.8 Å². The molecule has 1 aromatic rings. The van der Waals surface area contributed by atoms with Crippen LogP contribution in [0.25, 0.3) is 0 Å². The van der Waals surface area contributed by atoms with Crippen LogP contribution in [0.1, 0.15) is 55.3 Å². The number of hydrogen-bond acceptors (Lipinski definition) is 0. The van der Waals surface area contributed by atoms with Crippen LogP contribution in [0.4, 0.5) is 0 Å². The summed E-state index contributed by atoms with van der Waals surface area (Å²) in [6, 6.07) is 6.54. The van der Waals surface area contributed by atoms with Crippen molar-refractivity contribution < 1.29 is 0 Å². The first-order valence-electron chi connectivity index (χ1n) is 8.12. The van der Waals surface area contributed by atoms with Crippen molar-refractivity contribution in [3.05, 3.63) is 32.7 Å². The summed E-state index contributed by atoms with van der Waals surface area (Å²) in [6.45, 7) is 0. The van der Waals surface area contributed by atoms with Gasteiger partial charge < -0.3 is 0 Å². The van der Waals surface area contributed by atoms with E-state index in [0.717, 1.165) is 17.8 Å². The van der Waals surface area contributed by atoms with Gasteiger partial charge >= 0.3 is 0 Å². The molecule has 0 spiro atoms. The molecule has 0 aliphatic heterocycles. The van der Waals surface area contributed by atoms with E-state index in [2.05, 4.69) is 66.0 Å². The minimum absolute atomic E-state index is 0.473. The van der Waals surface area contributed by atoms with Gasteiger partial charge in [0.25, 0.3) is 0 Å². The maximum atomic E-state index is 4.01. The first-order valence-corrected chi connectivity index (χ1v) is 10.6. The highest BCUT2D eigenvalue weighted by atomic mass is 79.9. The second kappa shape index (κ2) is 5.63. The Morgan fingerprint density at radius 1 is 1.00 bits per heavy atom. The van der Waals surface area contributed by atoms with E-state index in [9.17, 15) is 0 Å². The maximum Gasteiger partial charge on any atom is 0.0412 e. The third kappa shape index (κ3) is 2.92. The molecule has 4 aliphatic rings. The molecule has 0 aromatic heterocycles. The molecule has 0 N–H and O–H groups in total. The zero-order valence-corrected chi connectivity index (χ0v) is 16.9. The number of rotatable bonds is 3. The molecule has 1 unspecified atom stereocenters. The average Bonchev–Trinajstić information content (AvgIpc) is 2.39. The molecule has 0 amide bonds. The molecule has 4 aliphatic carbocycles. The van der Waals surface area contributed by atoms with Crippen LogP contribution in [0.15, 0.2) is 27.1 Å². The maximum absolute atomic E-state index is 4.01. The van der Waals surface area contributed by atoms with E-state index in [4.69, 9.17) is 0 Å². The predicted octanol–water partition coefficient (Wildman–Crippen LogP) is 7.25. The number of benzene rings is 1. The van der Waals surface area contributed by atoms with Crippen LogP contribution >= 0.6 is 47.8 Å². The predicted molar refractivity (Wildman–Crippen MR) is 98.7 cm³/mol. The van der Waals surface area contributed by atoms with E-state index in [-0.39, 0.29) is 0 Å². The molecule has 21 heavy (non-hydrogen) atoms. The van der Waals surface area contributed by atoms with Gasteiger partial charge in [-0.25, -0.2) is 0 Å². The topological polar surface area (TPSA) is 0 Å². The van der Waals surface area contributed by atoms with Crippen molar-refractivity contribution in [3.8, 4) is 0 Å². The second-order valence-electron chi connectivity index (χ2n) is 7.76. The summed E-state index contributed by atoms with van der Waals surface area (Å²) in [7, 11) is 0. The van der Waals surface area contributed by atoms with Crippen LogP contribution in [0.5, 0.6) is 0 Å². The fourth-order valence-electron chi connectivity index (χ4n) is 5.78. The Balaban J connectivity index is 1.56. The first-order chi connectivity index (χ1) is 10.0. The Bertz CT molecular complexity index is 516. The normalized spacial score (nSPS) is 38.7. The van der Waals surface area contributed by atoms with Gasteiger partial charge in [0.1, 0.15) is 0 Å². The summed E-state index contributed by atoms with van der Waals surface area (Å²) in [5, 5.41) is 0. The Kier molecular flexibility index (Phi) is 4.08. The molecular formula is C18H21Br3. The Morgan fingerprint density at radius 2 is 1.57 bits per heavy atom. The lowest BCUT2D eigenvalue weighted by Gasteiger charge is -2.57. The summed E-state index contributed by atoms with van der Waals surface area (Å²) in [6.07, 6.45) is 10.4. The van der Waals surface area contributed by atoms with Gasteiger partial charge in [-0.15, -0.1) is 0 Å². The molecular weight excluding hydrogens is 456 g/mol. The van der Waals surface area contributed by atoms with Crippen LogP contribution in [-0.2, 0) is 0 Å². The highest BCUT2D eigenvalue weighted by molar-refractivity contribution is 9.11. The lowest BCUT2D eigenvalue weighted by Crippen LogP contribution is -2.46. The number of halogens is 3. The van der Waals surface area contributed by atoms with Crippen molar-refractivity contribution in [1.82, 2.24) is 0 Å². The summed E-state index contributed by atoms with van der Waals surface area (Å²) >= 11 is 11.4. The monoisotopic (exact) mass is 474 g/mol. The molecule has 0 saturated heterocycles. The van der Waals surface area contributed by atoms with Crippen molar-refractivity contribution in [2.45, 2.75) is 49.8 Å². The van der Waals surface area contributed by atoms with E-state index in [1.807, 2.05) is 0 Å². The molecule has 4 fully saturated rings. The Morgan fingerprint density at radius 3 is 2.14 bits per heavy atom. The quantitative estimate of drug-likeness (QED) is 0.403. The summed E-state index contributed by atoms with van der Waals surface area (Å²) in [5.74, 6) is 3.13. The molecule has 0 radical (unpaired) electrons. The zero-order chi connectivity index (χ0) is 14.6. The molecule has 1 atom stereocenters. The summed E-state index contributed by atoms with van der Waals surface area (Å²) in [4.78, 5) is 0.473. The standard InChI is InChI=1S/C18H21Br3/c19-14-1-2-16(20)15(6-14)17(21)10-18-7-11-3-12(8-18)5-13(4-11)9-18/h1-2,6,11-13,17H,3-5,7-10H2. The van der Waals surface area contributed by atoms with Gasteiger partial charge in [-0.2, -0.15) is 0 Å². The Labute approximate surface area is 152 Å². The minimum atomic E-state index is 0.473. The lowest BCUT2D eigenvalue weighted by molar-refractivity contribution is -0.0571. The van der Waals surface area contributed by atoms with E-state index < -0.39 is 0 Å². The van der Waals surface area contributed by atoms with Crippen LogP contribution in [-0.4, -0.2) is 0 Å². The molecule has 0 heterocycles. The van der Waals surface area contributed by atoms with Crippen LogP contribution in [0.2, 0.25) is 0 Å². The van der Waals surface area contributed by atoms with E-state index >= 15 is 0 Å². The van der Waals surface area contributed by atoms with Crippen molar-refractivity contribution in [2.75, 3.05) is 0 Å². The van der Waals surface area contributed by atoms with E-state index in [1.165, 1.54) is 59.5 Å². The van der Waals surface area contributed by atoms with Crippen molar-refractivity contribution in [1.29, 1.82) is 0 Å². The molecule has 114 valence electrons. The highest BCUT2D eigenvalue weighted by Gasteiger charge is 2.51. The fraction of sp³-hybridized carbons (Fsp3) is 0.667. The molecule has 3 heteroatoms. The summed E-state index contributed by atoms with van der Waals surface area (Å²) < 4.78 is 2.41. The second-order valence-corrected chi connectivity index (χ2v) is 10.6. The van der Waals surface area contributed by atoms with Crippen molar-refractivity contribution in [3.63, 3.8) is 0 Å². The van der Waals surface area contributed by atoms with Crippen LogP contribution < -0.4 is 0 Å². The summed E-state index contributed by atoms with van der Waals surface area (Å²) in [5.41, 5.74) is 2.03. The molecule has 5 rings (SSSR count). The van der Waals surface area contributed by atoms with Gasteiger partial charge in [-0.3, -0.25) is 0 Å². The SMILES string of the molecule is Brc1ccc(Br)c(C(Br)CC23CC4CC(CC(C4)C2)C3)c1. The van der Waals surface area contributed by atoms with Gasteiger partial charge in [0.15, 0.2) is 0 Å². The highest BCUT2D eigenvalue weighted by Crippen LogP contribution is 2.63. The largest absolute Gasteiger partial charge is 0.0838 e. The van der Waals surface area contributed by atoms with E-state index in [1.54, 1.807) is 0 Å². The first kappa shape index (κ1) is 15.2. The molecule has 4 bridgehead atoms. The van der Waals surface area contributed by atoms with Gasteiger partial charge in [0, 0.05) is 13.8 Å². The van der Waals surface area contributed by atoms with Gasteiger partial charge in [-0.1, -0.05) is 47.8 Å². The van der Waals surface area contributed by atoms with Gasteiger partial charge in [-0.05, 0) is 91.9 Å². The average molecular weight is 477 g/mol. The van der Waals surface area contributed by atoms with Gasteiger partial charge in [0.2, 0.25) is 0 Å². The smallest absolute Gasteiger partial charge is 0.0412 e. The van der Waals surface area contributed by atoms with Crippen LogP contribution in [0.3, 0.4) is 0 Å². The number of hydrogen-bond donors (Lipinski definition) is 0. The van der Waals surface area contributed by atoms with Crippen LogP contribution in [0, 0.1) is 23.2 Å². The third-order valence-corrected chi connectivity index (χ3v) is 8.11. The molecule has 4 saturated carbocycles. The minimum Gasteiger partial charge on any atom is -0.0838 e. The van der Waals surface area contributed by atoms with Gasteiger partial charge in [0.05, 0.1) is 0 Å². The molecule has 1 aromatic carbocycles. The Hall–Kier alpha value is 0.660. The lowest BCUT2D eigenvalue weighted by atomic mass is 9.48. The third-order valence-electron chi connectivity index (χ3n) is 6.07. The zero-order valence-electron chi connectivity index (χ0n) is 12.1. The van der Waals surface area contributed by atoms with E-state index in [0.29, 0.717) is 10.2 Å². The fourth-order valence-corrected chi connectivity index (χ4v) is 8.06. The number of alkyl halides is 1.